The number of aromatic amines is 1. The third-order valence-corrected chi connectivity index (χ3v) is 3.89. The van der Waals surface area contributed by atoms with E-state index in [0.717, 1.165) is 36.9 Å². The summed E-state index contributed by atoms with van der Waals surface area (Å²) in [5.41, 5.74) is 2.08. The van der Waals surface area contributed by atoms with Crippen LogP contribution in [0.4, 0.5) is 0 Å². The molecule has 1 aliphatic rings. The molecule has 2 rings (SSSR count). The maximum Gasteiger partial charge on any atom is 0.261 e. The van der Waals surface area contributed by atoms with E-state index >= 15 is 0 Å². The van der Waals surface area contributed by atoms with Gasteiger partial charge < -0.3 is 15.6 Å². The average Bonchev–Trinajstić information content (AvgIpc) is 2.68. The quantitative estimate of drug-likeness (QED) is 0.718. The van der Waals surface area contributed by atoms with Crippen LogP contribution in [0.3, 0.4) is 0 Å². The van der Waals surface area contributed by atoms with Crippen molar-refractivity contribution in [2.45, 2.75) is 45.1 Å². The molecule has 1 heterocycles. The van der Waals surface area contributed by atoms with Gasteiger partial charge in [-0.2, -0.15) is 0 Å². The van der Waals surface area contributed by atoms with E-state index in [-0.39, 0.29) is 23.1 Å². The molecular formula is C15H23N3O2. The summed E-state index contributed by atoms with van der Waals surface area (Å²) in [4.78, 5) is 27.0. The van der Waals surface area contributed by atoms with E-state index < -0.39 is 0 Å². The molecule has 20 heavy (non-hydrogen) atoms. The number of likely N-dealkylation sites (N-methyl/N-ethyl adjacent to an activating group) is 1. The van der Waals surface area contributed by atoms with Crippen LogP contribution < -0.4 is 16.2 Å². The van der Waals surface area contributed by atoms with E-state index in [0.29, 0.717) is 6.54 Å². The molecule has 0 fully saturated rings. The summed E-state index contributed by atoms with van der Waals surface area (Å²) in [5, 5.41) is 5.84. The van der Waals surface area contributed by atoms with Crippen molar-refractivity contribution < 1.29 is 4.79 Å². The highest BCUT2D eigenvalue weighted by Gasteiger charge is 2.16. The van der Waals surface area contributed by atoms with Gasteiger partial charge in [0.15, 0.2) is 0 Å². The highest BCUT2D eigenvalue weighted by atomic mass is 16.2. The van der Waals surface area contributed by atoms with Gasteiger partial charge in [0.2, 0.25) is 0 Å². The Morgan fingerprint density at radius 1 is 1.35 bits per heavy atom. The highest BCUT2D eigenvalue weighted by Crippen LogP contribution is 2.18. The number of H-pyrrole nitrogens is 1. The van der Waals surface area contributed by atoms with Crippen LogP contribution in [-0.2, 0) is 12.8 Å². The van der Waals surface area contributed by atoms with E-state index in [4.69, 9.17) is 0 Å². The maximum atomic E-state index is 12.1. The van der Waals surface area contributed by atoms with Crippen molar-refractivity contribution in [3.05, 3.63) is 33.2 Å². The number of nitrogens with one attached hydrogen (secondary N) is 3. The Hall–Kier alpha value is -1.62. The largest absolute Gasteiger partial charge is 0.350 e. The van der Waals surface area contributed by atoms with Crippen LogP contribution in [0.15, 0.2) is 10.9 Å². The van der Waals surface area contributed by atoms with Crippen LogP contribution in [0.25, 0.3) is 0 Å². The van der Waals surface area contributed by atoms with Gasteiger partial charge in [-0.15, -0.1) is 0 Å². The number of rotatable bonds is 4. The Balaban J connectivity index is 2.17. The van der Waals surface area contributed by atoms with Crippen LogP contribution in [0.2, 0.25) is 0 Å². The first-order valence-corrected chi connectivity index (χ1v) is 7.32. The summed E-state index contributed by atoms with van der Waals surface area (Å²) >= 11 is 0. The van der Waals surface area contributed by atoms with Crippen LogP contribution in [0.5, 0.6) is 0 Å². The second-order valence-electron chi connectivity index (χ2n) is 5.48. The predicted octanol–water partition coefficient (Wildman–Crippen LogP) is 0.981. The monoisotopic (exact) mass is 277 g/mol. The second-order valence-corrected chi connectivity index (χ2v) is 5.48. The predicted molar refractivity (Wildman–Crippen MR) is 79.2 cm³/mol. The van der Waals surface area contributed by atoms with Gasteiger partial charge in [0.05, 0.1) is 0 Å². The molecular weight excluding hydrogens is 254 g/mol. The van der Waals surface area contributed by atoms with Crippen LogP contribution in [-0.4, -0.2) is 30.5 Å². The lowest BCUT2D eigenvalue weighted by molar-refractivity contribution is 0.0949. The van der Waals surface area contributed by atoms with E-state index in [1.54, 1.807) is 6.07 Å². The van der Waals surface area contributed by atoms with Crippen molar-refractivity contribution in [3.63, 3.8) is 0 Å². The lowest BCUT2D eigenvalue weighted by Gasteiger charge is -2.12. The van der Waals surface area contributed by atoms with Gasteiger partial charge in [0.25, 0.3) is 11.5 Å². The average molecular weight is 277 g/mol. The highest BCUT2D eigenvalue weighted by molar-refractivity contribution is 5.94. The number of fused-ring (bicyclic) bond motifs is 1. The fourth-order valence-corrected chi connectivity index (χ4v) is 2.46. The van der Waals surface area contributed by atoms with Gasteiger partial charge >= 0.3 is 0 Å². The fraction of sp³-hybridized carbons (Fsp3) is 0.600. The molecule has 3 N–H and O–H groups in total. The van der Waals surface area contributed by atoms with Crippen molar-refractivity contribution in [3.8, 4) is 0 Å². The third kappa shape index (κ3) is 3.48. The molecule has 5 nitrogen and oxygen atoms in total. The van der Waals surface area contributed by atoms with Gasteiger partial charge in [0, 0.05) is 18.3 Å². The van der Waals surface area contributed by atoms with Crippen LogP contribution in [0.1, 0.15) is 47.8 Å². The summed E-state index contributed by atoms with van der Waals surface area (Å²) in [6, 6.07) is 1.96. The third-order valence-electron chi connectivity index (χ3n) is 3.89. The molecule has 0 aromatic carbocycles. The minimum absolute atomic E-state index is 0.179. The molecule has 1 unspecified atom stereocenters. The second kappa shape index (κ2) is 6.70. The summed E-state index contributed by atoms with van der Waals surface area (Å²) in [7, 11) is 1.84. The zero-order chi connectivity index (χ0) is 14.5. The minimum Gasteiger partial charge on any atom is -0.350 e. The Kier molecular flexibility index (Phi) is 4.95. The van der Waals surface area contributed by atoms with Crippen LogP contribution >= 0.6 is 0 Å². The van der Waals surface area contributed by atoms with Crippen molar-refractivity contribution in [1.82, 2.24) is 15.6 Å². The van der Waals surface area contributed by atoms with Crippen LogP contribution in [0, 0.1) is 0 Å². The molecule has 1 atom stereocenters. The normalized spacial score (nSPS) is 16.1. The maximum absolute atomic E-state index is 12.1. The summed E-state index contributed by atoms with van der Waals surface area (Å²) in [6.07, 6.45) is 5.26. The van der Waals surface area contributed by atoms with Gasteiger partial charge in [-0.1, -0.05) is 6.42 Å². The van der Waals surface area contributed by atoms with E-state index in [2.05, 4.69) is 15.6 Å². The molecule has 0 spiro atoms. The summed E-state index contributed by atoms with van der Waals surface area (Å²) < 4.78 is 0. The summed E-state index contributed by atoms with van der Waals surface area (Å²) in [6.45, 7) is 2.48. The Bertz CT molecular complexity index is 536. The molecule has 5 heteroatoms. The zero-order valence-electron chi connectivity index (χ0n) is 12.2. The number of hydrogen-bond donors (Lipinski definition) is 3. The Morgan fingerprint density at radius 2 is 2.10 bits per heavy atom. The first kappa shape index (κ1) is 14.8. The molecule has 1 amide bonds. The lowest BCUT2D eigenvalue weighted by atomic mass is 10.1. The standard InChI is InChI=1S/C15H23N3O2/c1-10(16-2)9-17-14(19)12-8-11-6-4-3-5-7-13(11)18-15(12)20/h8,10,16H,3-7,9H2,1-2H3,(H,17,19)(H,18,20). The lowest BCUT2D eigenvalue weighted by Crippen LogP contribution is -2.39. The number of hydrogen-bond acceptors (Lipinski definition) is 3. The van der Waals surface area contributed by atoms with Gasteiger partial charge in [-0.05, 0) is 51.3 Å². The van der Waals surface area contributed by atoms with Crippen molar-refractivity contribution in [1.29, 1.82) is 0 Å². The molecule has 0 radical (unpaired) electrons. The molecule has 0 saturated carbocycles. The molecule has 1 aromatic rings. The van der Waals surface area contributed by atoms with E-state index in [1.165, 1.54) is 6.42 Å². The number of aryl methyl sites for hydroxylation is 2. The van der Waals surface area contributed by atoms with Gasteiger partial charge in [-0.3, -0.25) is 9.59 Å². The number of pyridine rings is 1. The van der Waals surface area contributed by atoms with Crippen molar-refractivity contribution in [2.75, 3.05) is 13.6 Å². The SMILES string of the molecule is CNC(C)CNC(=O)c1cc2c([nH]c1=O)CCCCC2. The van der Waals surface area contributed by atoms with E-state index in [9.17, 15) is 9.59 Å². The van der Waals surface area contributed by atoms with Gasteiger partial charge in [-0.25, -0.2) is 0 Å². The Labute approximate surface area is 119 Å². The number of carbonyl (C=O) groups is 1. The fourth-order valence-electron chi connectivity index (χ4n) is 2.46. The van der Waals surface area contributed by atoms with Crippen molar-refractivity contribution >= 4 is 5.91 Å². The number of aromatic nitrogens is 1. The van der Waals surface area contributed by atoms with E-state index in [1.807, 2.05) is 14.0 Å². The summed E-state index contributed by atoms with van der Waals surface area (Å²) in [5.74, 6) is -0.291. The van der Waals surface area contributed by atoms with Crippen molar-refractivity contribution in [2.24, 2.45) is 0 Å². The first-order chi connectivity index (χ1) is 9.61. The number of carbonyl (C=O) groups excluding carboxylic acids is 1. The van der Waals surface area contributed by atoms with Gasteiger partial charge in [0.1, 0.15) is 5.56 Å². The first-order valence-electron chi connectivity index (χ1n) is 7.32. The topological polar surface area (TPSA) is 74.0 Å². The zero-order valence-corrected chi connectivity index (χ0v) is 12.2. The molecule has 1 aliphatic carbocycles. The number of amides is 1. The Morgan fingerprint density at radius 3 is 2.85 bits per heavy atom. The molecule has 0 saturated heterocycles. The molecule has 1 aromatic heterocycles. The smallest absolute Gasteiger partial charge is 0.261 e. The molecule has 0 aliphatic heterocycles. The molecule has 110 valence electrons. The molecule has 0 bridgehead atoms. The minimum atomic E-state index is -0.291.